The molecule has 28 heavy (non-hydrogen) atoms. The number of carbonyl (C=O) groups excluding carboxylic acids is 3. The lowest BCUT2D eigenvalue weighted by Crippen LogP contribution is -2.47. The number of nitrogens with one attached hydrogen (secondary N) is 1. The van der Waals surface area contributed by atoms with Crippen molar-refractivity contribution in [3.63, 3.8) is 0 Å². The van der Waals surface area contributed by atoms with Gasteiger partial charge in [0.05, 0.1) is 5.69 Å². The number of pyridine rings is 1. The van der Waals surface area contributed by atoms with E-state index < -0.39 is 12.0 Å². The fourth-order valence-electron chi connectivity index (χ4n) is 2.91. The first kappa shape index (κ1) is 19.8. The molecule has 1 aliphatic rings. The van der Waals surface area contributed by atoms with Gasteiger partial charge in [0.1, 0.15) is 18.1 Å². The Bertz CT molecular complexity index is 931. The summed E-state index contributed by atoms with van der Waals surface area (Å²) in [6.45, 7) is 3.30. The molecular formula is C20H20ClN3O4. The van der Waals surface area contributed by atoms with Crippen molar-refractivity contribution in [3.05, 3.63) is 47.1 Å². The highest BCUT2D eigenvalue weighted by atomic mass is 35.5. The Kier molecular flexibility index (Phi) is 5.94. The average Bonchev–Trinajstić information content (AvgIpc) is 2.65. The third kappa shape index (κ3) is 4.31. The molecule has 2 amide bonds. The van der Waals surface area contributed by atoms with E-state index in [1.807, 2.05) is 6.92 Å². The lowest BCUT2D eigenvalue weighted by atomic mass is 10.0. The third-order valence-corrected chi connectivity index (χ3v) is 4.49. The van der Waals surface area contributed by atoms with Crippen LogP contribution in [-0.4, -0.2) is 35.2 Å². The van der Waals surface area contributed by atoms with Crippen LogP contribution in [0.4, 0.5) is 11.5 Å². The number of halogens is 1. The zero-order valence-corrected chi connectivity index (χ0v) is 16.3. The molecule has 0 saturated heterocycles. The van der Waals surface area contributed by atoms with E-state index in [0.29, 0.717) is 34.3 Å². The smallest absolute Gasteiger partial charge is 0.268 e. The van der Waals surface area contributed by atoms with Crippen LogP contribution in [0.15, 0.2) is 36.5 Å². The van der Waals surface area contributed by atoms with Gasteiger partial charge in [-0.15, -0.1) is 0 Å². The topological polar surface area (TPSA) is 88.6 Å². The van der Waals surface area contributed by atoms with Crippen LogP contribution in [0.2, 0.25) is 5.02 Å². The molecule has 8 heteroatoms. The number of amides is 2. The minimum absolute atomic E-state index is 0.0242. The quantitative estimate of drug-likeness (QED) is 0.748. The monoisotopic (exact) mass is 401 g/mol. The Morgan fingerprint density at radius 1 is 1.29 bits per heavy atom. The maximum absolute atomic E-state index is 12.6. The summed E-state index contributed by atoms with van der Waals surface area (Å²) in [4.78, 5) is 42.7. The molecule has 2 heterocycles. The standard InChI is InChI=1S/C20H20ClN3O4/c1-3-4-16(25)13-5-6-17-15(9-13)24(20(27)12(2)28-17)11-19(26)23-18-10-14(21)7-8-22-18/h5-10,12H,3-4,11H2,1-2H3,(H,22,23,26). The molecule has 146 valence electrons. The van der Waals surface area contributed by atoms with E-state index >= 15 is 0 Å². The van der Waals surface area contributed by atoms with Gasteiger partial charge in [-0.1, -0.05) is 18.5 Å². The summed E-state index contributed by atoms with van der Waals surface area (Å²) in [5, 5.41) is 3.05. The number of nitrogens with zero attached hydrogens (tertiary/aromatic N) is 2. The molecule has 1 aromatic heterocycles. The van der Waals surface area contributed by atoms with Crippen molar-refractivity contribution in [2.45, 2.75) is 32.8 Å². The van der Waals surface area contributed by atoms with Crippen LogP contribution in [0, 0.1) is 0 Å². The first-order valence-electron chi connectivity index (χ1n) is 8.95. The summed E-state index contributed by atoms with van der Waals surface area (Å²) in [7, 11) is 0. The van der Waals surface area contributed by atoms with Crippen LogP contribution in [0.25, 0.3) is 0 Å². The summed E-state index contributed by atoms with van der Waals surface area (Å²) < 4.78 is 5.62. The SMILES string of the molecule is CCCC(=O)c1ccc2c(c1)N(CC(=O)Nc1cc(Cl)ccn1)C(=O)C(C)O2. The Balaban J connectivity index is 1.85. The molecule has 3 rings (SSSR count). The molecule has 0 fully saturated rings. The fourth-order valence-corrected chi connectivity index (χ4v) is 3.07. The van der Waals surface area contributed by atoms with Gasteiger partial charge < -0.3 is 10.1 Å². The molecule has 0 saturated carbocycles. The minimum Gasteiger partial charge on any atom is -0.479 e. The molecule has 1 N–H and O–H groups in total. The van der Waals surface area contributed by atoms with Gasteiger partial charge in [-0.2, -0.15) is 0 Å². The Morgan fingerprint density at radius 2 is 2.07 bits per heavy atom. The van der Waals surface area contributed by atoms with Crippen molar-refractivity contribution in [1.29, 1.82) is 0 Å². The molecule has 1 unspecified atom stereocenters. The number of Topliss-reactive ketones (excluding diaryl/α,β-unsaturated/α-hetero) is 1. The van der Waals surface area contributed by atoms with Gasteiger partial charge in [0.2, 0.25) is 5.91 Å². The molecule has 0 radical (unpaired) electrons. The van der Waals surface area contributed by atoms with E-state index in [1.54, 1.807) is 31.2 Å². The molecule has 1 atom stereocenters. The molecule has 0 spiro atoms. The lowest BCUT2D eigenvalue weighted by molar-refractivity contribution is -0.127. The van der Waals surface area contributed by atoms with Gasteiger partial charge in [-0.3, -0.25) is 19.3 Å². The summed E-state index contributed by atoms with van der Waals surface area (Å²) in [6.07, 6.45) is 1.87. The number of carbonyl (C=O) groups is 3. The Hall–Kier alpha value is -2.93. The highest BCUT2D eigenvalue weighted by Crippen LogP contribution is 2.35. The minimum atomic E-state index is -0.734. The fraction of sp³-hybridized carbons (Fsp3) is 0.300. The van der Waals surface area contributed by atoms with Crippen molar-refractivity contribution in [2.24, 2.45) is 0 Å². The van der Waals surface area contributed by atoms with Gasteiger partial charge in [0, 0.05) is 23.2 Å². The zero-order valence-electron chi connectivity index (χ0n) is 15.6. The largest absolute Gasteiger partial charge is 0.479 e. The van der Waals surface area contributed by atoms with Crippen LogP contribution in [0.1, 0.15) is 37.0 Å². The van der Waals surface area contributed by atoms with Gasteiger partial charge in [0.15, 0.2) is 11.9 Å². The Labute approximate surface area is 167 Å². The van der Waals surface area contributed by atoms with Crippen LogP contribution in [0.3, 0.4) is 0 Å². The zero-order chi connectivity index (χ0) is 20.3. The van der Waals surface area contributed by atoms with Crippen molar-refractivity contribution >= 4 is 40.7 Å². The number of ketones is 1. The van der Waals surface area contributed by atoms with Gasteiger partial charge in [-0.05, 0) is 43.7 Å². The third-order valence-electron chi connectivity index (χ3n) is 4.26. The van der Waals surface area contributed by atoms with Gasteiger partial charge in [-0.25, -0.2) is 4.98 Å². The first-order chi connectivity index (χ1) is 13.4. The number of hydrogen-bond donors (Lipinski definition) is 1. The number of aromatic nitrogens is 1. The first-order valence-corrected chi connectivity index (χ1v) is 9.33. The van der Waals surface area contributed by atoms with Crippen LogP contribution >= 0.6 is 11.6 Å². The number of rotatable bonds is 6. The van der Waals surface area contributed by atoms with Crippen molar-refractivity contribution in [2.75, 3.05) is 16.8 Å². The second kappa shape index (κ2) is 8.39. The summed E-state index contributed by atoms with van der Waals surface area (Å²) in [5.74, 6) is -0.0775. The van der Waals surface area contributed by atoms with E-state index in [1.165, 1.54) is 17.2 Å². The summed E-state index contributed by atoms with van der Waals surface area (Å²) in [5.41, 5.74) is 0.882. The molecular weight excluding hydrogens is 382 g/mol. The maximum atomic E-state index is 12.6. The number of hydrogen-bond acceptors (Lipinski definition) is 5. The highest BCUT2D eigenvalue weighted by Gasteiger charge is 2.33. The molecule has 2 aromatic rings. The van der Waals surface area contributed by atoms with Crippen molar-refractivity contribution < 1.29 is 19.1 Å². The number of benzene rings is 1. The molecule has 1 aromatic carbocycles. The van der Waals surface area contributed by atoms with Crippen LogP contribution in [-0.2, 0) is 9.59 Å². The Morgan fingerprint density at radius 3 is 2.79 bits per heavy atom. The second-order valence-electron chi connectivity index (χ2n) is 6.45. The second-order valence-corrected chi connectivity index (χ2v) is 6.88. The molecule has 0 bridgehead atoms. The number of fused-ring (bicyclic) bond motifs is 1. The lowest BCUT2D eigenvalue weighted by Gasteiger charge is -2.32. The molecule has 7 nitrogen and oxygen atoms in total. The van der Waals surface area contributed by atoms with E-state index in [2.05, 4.69) is 10.3 Å². The predicted molar refractivity (Wildman–Crippen MR) is 106 cm³/mol. The van der Waals surface area contributed by atoms with E-state index in [4.69, 9.17) is 16.3 Å². The van der Waals surface area contributed by atoms with Crippen LogP contribution in [0.5, 0.6) is 5.75 Å². The number of ether oxygens (including phenoxy) is 1. The predicted octanol–water partition coefficient (Wildman–Crippen LogP) is 3.47. The average molecular weight is 402 g/mol. The summed E-state index contributed by atoms with van der Waals surface area (Å²) in [6, 6.07) is 8.04. The number of anilines is 2. The van der Waals surface area contributed by atoms with E-state index in [0.717, 1.165) is 6.42 Å². The van der Waals surface area contributed by atoms with Crippen molar-refractivity contribution in [1.82, 2.24) is 4.98 Å². The summed E-state index contributed by atoms with van der Waals surface area (Å²) >= 11 is 5.90. The van der Waals surface area contributed by atoms with E-state index in [9.17, 15) is 14.4 Å². The molecule has 0 aliphatic carbocycles. The van der Waals surface area contributed by atoms with E-state index in [-0.39, 0.29) is 18.2 Å². The van der Waals surface area contributed by atoms with Gasteiger partial charge in [0.25, 0.3) is 5.91 Å². The normalized spacial score (nSPS) is 15.6. The van der Waals surface area contributed by atoms with Gasteiger partial charge >= 0.3 is 0 Å². The highest BCUT2D eigenvalue weighted by molar-refractivity contribution is 6.30. The van der Waals surface area contributed by atoms with Crippen molar-refractivity contribution in [3.8, 4) is 5.75 Å². The van der Waals surface area contributed by atoms with Crippen LogP contribution < -0.4 is 15.0 Å². The molecule has 1 aliphatic heterocycles. The maximum Gasteiger partial charge on any atom is 0.268 e.